The Morgan fingerprint density at radius 2 is 2.24 bits per heavy atom. The molecule has 1 aromatic heterocycles. The fraction of sp³-hybridized carbons (Fsp3) is 0.231. The van der Waals surface area contributed by atoms with E-state index in [1.807, 2.05) is 4.57 Å². The molecule has 0 amide bonds. The Balaban J connectivity index is 2.02. The Labute approximate surface area is 121 Å². The molecule has 0 saturated heterocycles. The van der Waals surface area contributed by atoms with Crippen molar-refractivity contribution in [3.05, 3.63) is 48.3 Å². The molecule has 2 rings (SSSR count). The van der Waals surface area contributed by atoms with Crippen molar-refractivity contribution >= 4 is 10.0 Å². The lowest BCUT2D eigenvalue weighted by Crippen LogP contribution is -2.26. The van der Waals surface area contributed by atoms with Gasteiger partial charge in [0.1, 0.15) is 22.3 Å². The zero-order chi connectivity index (χ0) is 15.3. The maximum atomic E-state index is 13.4. The van der Waals surface area contributed by atoms with Crippen molar-refractivity contribution in [3.63, 3.8) is 0 Å². The highest BCUT2D eigenvalue weighted by molar-refractivity contribution is 7.89. The van der Waals surface area contributed by atoms with Crippen molar-refractivity contribution in [3.8, 4) is 6.07 Å². The molecular formula is C13H13FN4O2S. The van der Waals surface area contributed by atoms with Gasteiger partial charge in [0.15, 0.2) is 0 Å². The minimum Gasteiger partial charge on any atom is -0.337 e. The second kappa shape index (κ2) is 6.47. The Bertz CT molecular complexity index is 751. The van der Waals surface area contributed by atoms with Gasteiger partial charge in [0, 0.05) is 25.5 Å². The Kier molecular flexibility index (Phi) is 4.67. The average Bonchev–Trinajstić information content (AvgIpc) is 2.96. The average molecular weight is 308 g/mol. The Hall–Kier alpha value is -2.24. The summed E-state index contributed by atoms with van der Waals surface area (Å²) < 4.78 is 41.8. The lowest BCUT2D eigenvalue weighted by atomic mass is 10.2. The van der Waals surface area contributed by atoms with E-state index in [0.29, 0.717) is 13.0 Å². The topological polar surface area (TPSA) is 87.8 Å². The van der Waals surface area contributed by atoms with Gasteiger partial charge < -0.3 is 4.57 Å². The highest BCUT2D eigenvalue weighted by Crippen LogP contribution is 2.17. The Morgan fingerprint density at radius 1 is 1.43 bits per heavy atom. The van der Waals surface area contributed by atoms with E-state index in [9.17, 15) is 12.8 Å². The third-order valence-corrected chi connectivity index (χ3v) is 4.32. The van der Waals surface area contributed by atoms with Crippen LogP contribution < -0.4 is 4.72 Å². The van der Waals surface area contributed by atoms with Gasteiger partial charge in [-0.25, -0.2) is 22.5 Å². The van der Waals surface area contributed by atoms with E-state index in [0.717, 1.165) is 6.07 Å². The van der Waals surface area contributed by atoms with E-state index in [2.05, 4.69) is 9.71 Å². The summed E-state index contributed by atoms with van der Waals surface area (Å²) in [6.07, 6.45) is 5.59. The number of rotatable bonds is 6. The molecule has 0 saturated carbocycles. The fourth-order valence-electron chi connectivity index (χ4n) is 1.80. The van der Waals surface area contributed by atoms with Crippen LogP contribution in [0.5, 0.6) is 0 Å². The maximum absolute atomic E-state index is 13.4. The van der Waals surface area contributed by atoms with Crippen LogP contribution in [-0.2, 0) is 16.6 Å². The monoisotopic (exact) mass is 308 g/mol. The summed E-state index contributed by atoms with van der Waals surface area (Å²) in [5, 5.41) is 8.87. The van der Waals surface area contributed by atoms with Gasteiger partial charge in [-0.15, -0.1) is 0 Å². The van der Waals surface area contributed by atoms with E-state index in [1.165, 1.54) is 12.1 Å². The van der Waals surface area contributed by atoms with Gasteiger partial charge in [0.2, 0.25) is 10.0 Å². The molecule has 0 fully saturated rings. The van der Waals surface area contributed by atoms with E-state index < -0.39 is 21.4 Å². The minimum atomic E-state index is -3.90. The molecule has 0 spiro atoms. The number of aromatic nitrogens is 2. The second-order valence-electron chi connectivity index (χ2n) is 4.28. The third-order valence-electron chi connectivity index (χ3n) is 2.82. The number of benzene rings is 1. The normalized spacial score (nSPS) is 11.2. The highest BCUT2D eigenvalue weighted by atomic mass is 32.2. The minimum absolute atomic E-state index is 0.182. The van der Waals surface area contributed by atoms with Gasteiger partial charge in [-0.3, -0.25) is 0 Å². The number of nitrogens with zero attached hydrogens (tertiary/aromatic N) is 3. The summed E-state index contributed by atoms with van der Waals surface area (Å²) in [6.45, 7) is 0.790. The molecule has 1 N–H and O–H groups in total. The first-order chi connectivity index (χ1) is 10.0. The van der Waals surface area contributed by atoms with Gasteiger partial charge in [-0.05, 0) is 18.6 Å². The van der Waals surface area contributed by atoms with Crippen molar-refractivity contribution in [2.75, 3.05) is 6.54 Å². The fourth-order valence-corrected chi connectivity index (χ4v) is 3.04. The van der Waals surface area contributed by atoms with Gasteiger partial charge in [0.05, 0.1) is 6.33 Å². The quantitative estimate of drug-likeness (QED) is 0.814. The SMILES string of the molecule is N#Cc1c(F)cccc1S(=O)(=O)NCCCn1ccnc1. The molecule has 21 heavy (non-hydrogen) atoms. The maximum Gasteiger partial charge on any atom is 0.241 e. The van der Waals surface area contributed by atoms with Crippen LogP contribution in [-0.4, -0.2) is 24.5 Å². The van der Waals surface area contributed by atoms with Gasteiger partial charge in [-0.1, -0.05) is 6.07 Å². The summed E-state index contributed by atoms with van der Waals surface area (Å²) in [4.78, 5) is 3.54. The van der Waals surface area contributed by atoms with Crippen LogP contribution in [0.3, 0.4) is 0 Å². The van der Waals surface area contributed by atoms with Crippen molar-refractivity contribution in [1.29, 1.82) is 5.26 Å². The summed E-state index contributed by atoms with van der Waals surface area (Å²) in [5.41, 5.74) is -0.473. The van der Waals surface area contributed by atoms with Crippen LogP contribution >= 0.6 is 0 Å². The van der Waals surface area contributed by atoms with Gasteiger partial charge in [0.25, 0.3) is 0 Å². The van der Waals surface area contributed by atoms with E-state index in [1.54, 1.807) is 24.8 Å². The summed E-state index contributed by atoms with van der Waals surface area (Å²) >= 11 is 0. The number of nitriles is 1. The number of hydrogen-bond donors (Lipinski definition) is 1. The molecule has 1 aromatic carbocycles. The molecule has 0 aliphatic rings. The highest BCUT2D eigenvalue weighted by Gasteiger charge is 2.20. The van der Waals surface area contributed by atoms with E-state index >= 15 is 0 Å². The van der Waals surface area contributed by atoms with Gasteiger partial charge >= 0.3 is 0 Å². The predicted octanol–water partition coefficient (Wildman–Crippen LogP) is 1.26. The molecule has 0 aliphatic heterocycles. The van der Waals surface area contributed by atoms with Crippen molar-refractivity contribution in [1.82, 2.24) is 14.3 Å². The van der Waals surface area contributed by atoms with Crippen LogP contribution in [0.25, 0.3) is 0 Å². The van der Waals surface area contributed by atoms with E-state index in [4.69, 9.17) is 5.26 Å². The molecule has 0 atom stereocenters. The summed E-state index contributed by atoms with van der Waals surface area (Å²) in [6, 6.07) is 5.10. The zero-order valence-electron chi connectivity index (χ0n) is 11.0. The molecule has 0 unspecified atom stereocenters. The van der Waals surface area contributed by atoms with Gasteiger partial charge in [-0.2, -0.15) is 5.26 Å². The number of imidazole rings is 1. The molecule has 6 nitrogen and oxygen atoms in total. The molecule has 0 aliphatic carbocycles. The molecular weight excluding hydrogens is 295 g/mol. The first kappa shape index (κ1) is 15.2. The second-order valence-corrected chi connectivity index (χ2v) is 6.01. The molecule has 2 aromatic rings. The van der Waals surface area contributed by atoms with Crippen molar-refractivity contribution in [2.24, 2.45) is 0 Å². The Morgan fingerprint density at radius 3 is 2.90 bits per heavy atom. The van der Waals surface area contributed by atoms with Crippen molar-refractivity contribution < 1.29 is 12.8 Å². The smallest absolute Gasteiger partial charge is 0.241 e. The molecule has 0 bridgehead atoms. The molecule has 0 radical (unpaired) electrons. The number of sulfonamides is 1. The number of aryl methyl sites for hydroxylation is 1. The molecule has 8 heteroatoms. The first-order valence-electron chi connectivity index (χ1n) is 6.18. The zero-order valence-corrected chi connectivity index (χ0v) is 11.8. The summed E-state index contributed by atoms with van der Waals surface area (Å²) in [5.74, 6) is -0.848. The lowest BCUT2D eigenvalue weighted by Gasteiger charge is -2.08. The summed E-state index contributed by atoms with van der Waals surface area (Å²) in [7, 11) is -3.90. The molecule has 1 heterocycles. The largest absolute Gasteiger partial charge is 0.337 e. The van der Waals surface area contributed by atoms with Crippen LogP contribution in [0.4, 0.5) is 4.39 Å². The first-order valence-corrected chi connectivity index (χ1v) is 7.67. The lowest BCUT2D eigenvalue weighted by molar-refractivity contribution is 0.566. The van der Waals surface area contributed by atoms with Crippen LogP contribution in [0, 0.1) is 17.1 Å². The number of hydrogen-bond acceptors (Lipinski definition) is 4. The van der Waals surface area contributed by atoms with E-state index in [-0.39, 0.29) is 11.4 Å². The van der Waals surface area contributed by atoms with Crippen LogP contribution in [0.2, 0.25) is 0 Å². The third kappa shape index (κ3) is 3.65. The number of nitrogens with one attached hydrogen (secondary N) is 1. The van der Waals surface area contributed by atoms with Crippen LogP contribution in [0.15, 0.2) is 41.8 Å². The molecule has 110 valence electrons. The van der Waals surface area contributed by atoms with Crippen molar-refractivity contribution in [2.45, 2.75) is 17.9 Å². The predicted molar refractivity (Wildman–Crippen MR) is 73.1 cm³/mol. The number of halogens is 1. The standard InChI is InChI=1S/C13H13FN4O2S/c14-12-3-1-4-13(11(12)9-15)21(19,20)17-5-2-7-18-8-6-16-10-18/h1,3-4,6,8,10,17H,2,5,7H2. The van der Waals surface area contributed by atoms with Crippen LogP contribution in [0.1, 0.15) is 12.0 Å².